The molecule has 2 amide bonds. The van der Waals surface area contributed by atoms with Crippen LogP contribution in [0.4, 0.5) is 0 Å². The van der Waals surface area contributed by atoms with Crippen LogP contribution in [0.15, 0.2) is 54.6 Å². The van der Waals surface area contributed by atoms with Crippen LogP contribution < -0.4 is 20.1 Å². The summed E-state index contributed by atoms with van der Waals surface area (Å²) in [5, 5.41) is 5.29. The van der Waals surface area contributed by atoms with Crippen molar-refractivity contribution in [3.05, 3.63) is 60.2 Å². The van der Waals surface area contributed by atoms with E-state index in [0.717, 1.165) is 0 Å². The Morgan fingerprint density at radius 3 is 2.19 bits per heavy atom. The lowest BCUT2D eigenvalue weighted by atomic mass is 10.0. The molecule has 32 heavy (non-hydrogen) atoms. The second-order valence-corrected chi connectivity index (χ2v) is 7.27. The van der Waals surface area contributed by atoms with E-state index in [4.69, 9.17) is 14.2 Å². The SMILES string of the molecule is CCOc1ccc(C(=O)N[C@H](C(=O)OCC(=O)NCCOc2ccccc2)C(C)C)cc1. The van der Waals surface area contributed by atoms with Gasteiger partial charge in [0.25, 0.3) is 11.8 Å². The number of hydrogen-bond donors (Lipinski definition) is 2. The molecule has 0 radical (unpaired) electrons. The predicted octanol–water partition coefficient (Wildman–Crippen LogP) is 2.58. The zero-order valence-electron chi connectivity index (χ0n) is 18.6. The molecule has 0 heterocycles. The first-order chi connectivity index (χ1) is 15.4. The number of rotatable bonds is 12. The van der Waals surface area contributed by atoms with E-state index in [-0.39, 0.29) is 19.1 Å². The third-order valence-corrected chi connectivity index (χ3v) is 4.42. The minimum absolute atomic E-state index is 0.225. The van der Waals surface area contributed by atoms with E-state index in [2.05, 4.69) is 10.6 Å². The van der Waals surface area contributed by atoms with Gasteiger partial charge in [0.2, 0.25) is 0 Å². The summed E-state index contributed by atoms with van der Waals surface area (Å²) in [5.41, 5.74) is 0.392. The first-order valence-electron chi connectivity index (χ1n) is 10.6. The molecular formula is C24H30N2O6. The number of esters is 1. The van der Waals surface area contributed by atoms with Crippen LogP contribution in [0.25, 0.3) is 0 Å². The summed E-state index contributed by atoms with van der Waals surface area (Å²) in [4.78, 5) is 36.9. The summed E-state index contributed by atoms with van der Waals surface area (Å²) in [6.07, 6.45) is 0. The molecule has 0 saturated carbocycles. The van der Waals surface area contributed by atoms with Crippen LogP contribution in [0, 0.1) is 5.92 Å². The van der Waals surface area contributed by atoms with Gasteiger partial charge in [0.15, 0.2) is 6.61 Å². The number of ether oxygens (including phenoxy) is 3. The minimum atomic E-state index is -0.886. The molecule has 0 bridgehead atoms. The van der Waals surface area contributed by atoms with E-state index in [1.165, 1.54) is 0 Å². The van der Waals surface area contributed by atoms with Crippen LogP contribution in [0.2, 0.25) is 0 Å². The van der Waals surface area contributed by atoms with Crippen LogP contribution in [-0.2, 0) is 14.3 Å². The van der Waals surface area contributed by atoms with Crippen molar-refractivity contribution in [3.63, 3.8) is 0 Å². The van der Waals surface area contributed by atoms with Gasteiger partial charge in [-0.25, -0.2) is 4.79 Å². The molecule has 1 atom stereocenters. The lowest BCUT2D eigenvalue weighted by Gasteiger charge is -2.21. The Hall–Kier alpha value is -3.55. The molecule has 0 aromatic heterocycles. The third kappa shape index (κ3) is 8.29. The molecule has 0 spiro atoms. The number of amides is 2. The van der Waals surface area contributed by atoms with Gasteiger partial charge in [-0.15, -0.1) is 0 Å². The van der Waals surface area contributed by atoms with Gasteiger partial charge in [-0.3, -0.25) is 9.59 Å². The Balaban J connectivity index is 1.76. The number of para-hydroxylation sites is 1. The Morgan fingerprint density at radius 2 is 1.56 bits per heavy atom. The smallest absolute Gasteiger partial charge is 0.329 e. The Kier molecular flexibility index (Phi) is 10.0. The van der Waals surface area contributed by atoms with E-state index in [0.29, 0.717) is 23.7 Å². The Labute approximate surface area is 188 Å². The van der Waals surface area contributed by atoms with E-state index in [1.807, 2.05) is 37.3 Å². The second kappa shape index (κ2) is 13.0. The first-order valence-corrected chi connectivity index (χ1v) is 10.6. The second-order valence-electron chi connectivity index (χ2n) is 7.27. The molecule has 2 aromatic rings. The number of carbonyl (C=O) groups excluding carboxylic acids is 3. The number of carbonyl (C=O) groups is 3. The van der Waals surface area contributed by atoms with Crippen molar-refractivity contribution >= 4 is 17.8 Å². The maximum atomic E-state index is 12.5. The summed E-state index contributed by atoms with van der Waals surface area (Å²) in [5.74, 6) is -0.395. The predicted molar refractivity (Wildman–Crippen MR) is 120 cm³/mol. The molecule has 2 N–H and O–H groups in total. The van der Waals surface area contributed by atoms with Crippen molar-refractivity contribution in [3.8, 4) is 11.5 Å². The van der Waals surface area contributed by atoms with Gasteiger partial charge in [-0.1, -0.05) is 32.0 Å². The highest BCUT2D eigenvalue weighted by atomic mass is 16.5. The highest BCUT2D eigenvalue weighted by Gasteiger charge is 2.26. The third-order valence-electron chi connectivity index (χ3n) is 4.42. The standard InChI is InChI=1S/C24H30N2O6/c1-4-30-20-12-10-18(11-13-20)23(28)26-22(17(2)3)24(29)32-16-21(27)25-14-15-31-19-8-6-5-7-9-19/h5-13,17,22H,4,14-16H2,1-3H3,(H,25,27)(H,26,28)/t22-/m0/s1. The quantitative estimate of drug-likeness (QED) is 0.387. The summed E-state index contributed by atoms with van der Waals surface area (Å²) >= 11 is 0. The van der Waals surface area contributed by atoms with Crippen molar-refractivity contribution in [1.82, 2.24) is 10.6 Å². The fraction of sp³-hybridized carbons (Fsp3) is 0.375. The molecular weight excluding hydrogens is 412 g/mol. The topological polar surface area (TPSA) is 103 Å². The number of hydrogen-bond acceptors (Lipinski definition) is 6. The van der Waals surface area contributed by atoms with Crippen LogP contribution >= 0.6 is 0 Å². The molecule has 2 rings (SSSR count). The number of benzene rings is 2. The molecule has 0 aliphatic rings. The zero-order chi connectivity index (χ0) is 23.3. The fourth-order valence-corrected chi connectivity index (χ4v) is 2.75. The summed E-state index contributed by atoms with van der Waals surface area (Å²) in [6.45, 7) is 6.09. The molecule has 0 saturated heterocycles. The van der Waals surface area contributed by atoms with Crippen molar-refractivity contribution in [1.29, 1.82) is 0 Å². The lowest BCUT2D eigenvalue weighted by Crippen LogP contribution is -2.46. The maximum absolute atomic E-state index is 12.5. The maximum Gasteiger partial charge on any atom is 0.329 e. The highest BCUT2D eigenvalue weighted by molar-refractivity contribution is 5.97. The lowest BCUT2D eigenvalue weighted by molar-refractivity contribution is -0.151. The van der Waals surface area contributed by atoms with Crippen molar-refractivity contribution in [2.45, 2.75) is 26.8 Å². The summed E-state index contributed by atoms with van der Waals surface area (Å²) in [6, 6.07) is 15.0. The van der Waals surface area contributed by atoms with Crippen molar-refractivity contribution in [2.24, 2.45) is 5.92 Å². The van der Waals surface area contributed by atoms with Gasteiger partial charge < -0.3 is 24.8 Å². The van der Waals surface area contributed by atoms with Crippen LogP contribution in [0.3, 0.4) is 0 Å². The van der Waals surface area contributed by atoms with Gasteiger partial charge in [0.1, 0.15) is 24.1 Å². The molecule has 172 valence electrons. The molecule has 0 fully saturated rings. The minimum Gasteiger partial charge on any atom is -0.494 e. The molecule has 0 unspecified atom stereocenters. The Morgan fingerprint density at radius 1 is 0.906 bits per heavy atom. The van der Waals surface area contributed by atoms with E-state index >= 15 is 0 Å². The van der Waals surface area contributed by atoms with E-state index < -0.39 is 30.4 Å². The molecule has 8 nitrogen and oxygen atoms in total. The molecule has 2 aromatic carbocycles. The van der Waals surface area contributed by atoms with Gasteiger partial charge in [-0.2, -0.15) is 0 Å². The largest absolute Gasteiger partial charge is 0.494 e. The monoisotopic (exact) mass is 442 g/mol. The molecule has 0 aliphatic carbocycles. The molecule has 8 heteroatoms. The van der Waals surface area contributed by atoms with E-state index in [1.54, 1.807) is 38.1 Å². The van der Waals surface area contributed by atoms with Gasteiger partial charge in [-0.05, 0) is 49.2 Å². The Bertz CT molecular complexity index is 868. The van der Waals surface area contributed by atoms with E-state index in [9.17, 15) is 14.4 Å². The number of nitrogens with one attached hydrogen (secondary N) is 2. The van der Waals surface area contributed by atoms with Gasteiger partial charge >= 0.3 is 5.97 Å². The fourth-order valence-electron chi connectivity index (χ4n) is 2.75. The van der Waals surface area contributed by atoms with Crippen molar-refractivity contribution < 1.29 is 28.6 Å². The zero-order valence-corrected chi connectivity index (χ0v) is 18.6. The van der Waals surface area contributed by atoms with Crippen LogP contribution in [0.1, 0.15) is 31.1 Å². The summed E-state index contributed by atoms with van der Waals surface area (Å²) in [7, 11) is 0. The van der Waals surface area contributed by atoms with Gasteiger partial charge in [0.05, 0.1) is 13.2 Å². The summed E-state index contributed by atoms with van der Waals surface area (Å²) < 4.78 is 15.9. The molecule has 0 aliphatic heterocycles. The van der Waals surface area contributed by atoms with Crippen molar-refractivity contribution in [2.75, 3.05) is 26.4 Å². The first kappa shape index (κ1) is 24.7. The average molecular weight is 443 g/mol. The highest BCUT2D eigenvalue weighted by Crippen LogP contribution is 2.13. The van der Waals surface area contributed by atoms with Gasteiger partial charge in [0, 0.05) is 5.56 Å². The van der Waals surface area contributed by atoms with Crippen LogP contribution in [0.5, 0.6) is 11.5 Å². The van der Waals surface area contributed by atoms with Crippen LogP contribution in [-0.4, -0.2) is 50.2 Å². The average Bonchev–Trinajstić information content (AvgIpc) is 2.79. The normalized spacial score (nSPS) is 11.4.